The van der Waals surface area contributed by atoms with Crippen LogP contribution < -0.4 is 10.6 Å². The Morgan fingerprint density at radius 1 is 1.33 bits per heavy atom. The molecule has 0 aliphatic carbocycles. The first kappa shape index (κ1) is 10.9. The molecule has 82 valence electrons. The van der Waals surface area contributed by atoms with Crippen LogP contribution in [0.5, 0.6) is 0 Å². The van der Waals surface area contributed by atoms with Gasteiger partial charge in [0, 0.05) is 30.2 Å². The lowest BCUT2D eigenvalue weighted by molar-refractivity contribution is 0.337. The average molecular weight is 225 g/mol. The largest absolute Gasteiger partial charge is 0.311 e. The van der Waals surface area contributed by atoms with Crippen molar-refractivity contribution in [2.45, 2.75) is 25.4 Å². The van der Waals surface area contributed by atoms with Crippen LogP contribution in [0.15, 0.2) is 24.3 Å². The summed E-state index contributed by atoms with van der Waals surface area (Å²) in [6.45, 7) is 4.34. The fraction of sp³-hybridized carbons (Fsp3) is 0.500. The molecule has 1 aromatic rings. The molecule has 1 aliphatic rings. The molecule has 1 aliphatic heterocycles. The van der Waals surface area contributed by atoms with Gasteiger partial charge in [-0.25, -0.2) is 0 Å². The summed E-state index contributed by atoms with van der Waals surface area (Å²) >= 11 is 5.96. The highest BCUT2D eigenvalue weighted by atomic mass is 35.5. The molecular formula is C12H17ClN2. The molecule has 0 saturated carbocycles. The Labute approximate surface area is 96.0 Å². The van der Waals surface area contributed by atoms with Gasteiger partial charge in [-0.3, -0.25) is 0 Å². The van der Waals surface area contributed by atoms with Crippen LogP contribution in [0.1, 0.15) is 12.5 Å². The van der Waals surface area contributed by atoms with Crippen LogP contribution in [0.4, 0.5) is 0 Å². The Bertz CT molecular complexity index is 327. The maximum absolute atomic E-state index is 5.96. The van der Waals surface area contributed by atoms with Gasteiger partial charge in [-0.2, -0.15) is 0 Å². The molecular weight excluding hydrogens is 208 g/mol. The molecule has 1 aromatic carbocycles. The summed E-state index contributed by atoms with van der Waals surface area (Å²) < 4.78 is 0. The minimum atomic E-state index is 0.511. The van der Waals surface area contributed by atoms with E-state index >= 15 is 0 Å². The predicted octanol–water partition coefficient (Wildman–Crippen LogP) is 1.83. The maximum atomic E-state index is 5.96. The molecule has 0 amide bonds. The molecule has 2 N–H and O–H groups in total. The van der Waals surface area contributed by atoms with Gasteiger partial charge in [0.05, 0.1) is 0 Å². The van der Waals surface area contributed by atoms with Crippen molar-refractivity contribution in [3.05, 3.63) is 34.9 Å². The number of nitrogens with one attached hydrogen (secondary N) is 2. The van der Waals surface area contributed by atoms with Crippen molar-refractivity contribution in [2.24, 2.45) is 0 Å². The van der Waals surface area contributed by atoms with Crippen molar-refractivity contribution in [3.8, 4) is 0 Å². The van der Waals surface area contributed by atoms with Gasteiger partial charge in [-0.05, 0) is 31.0 Å². The van der Waals surface area contributed by atoms with Gasteiger partial charge in [-0.1, -0.05) is 23.7 Å². The Hall–Kier alpha value is -0.570. The smallest absolute Gasteiger partial charge is 0.0408 e. The van der Waals surface area contributed by atoms with Crippen molar-refractivity contribution in [3.63, 3.8) is 0 Å². The van der Waals surface area contributed by atoms with Crippen molar-refractivity contribution in [2.75, 3.05) is 13.1 Å². The van der Waals surface area contributed by atoms with Crippen molar-refractivity contribution in [1.82, 2.24) is 10.6 Å². The molecule has 15 heavy (non-hydrogen) atoms. The standard InChI is InChI=1S/C12H17ClN2/c1-9-12(15-6-5-14-9)8-10-3-2-4-11(13)7-10/h2-4,7,9,12,14-15H,5-6,8H2,1H3. The molecule has 0 spiro atoms. The van der Waals surface area contributed by atoms with Crippen LogP contribution >= 0.6 is 11.6 Å². The van der Waals surface area contributed by atoms with Gasteiger partial charge in [0.2, 0.25) is 0 Å². The zero-order valence-corrected chi connectivity index (χ0v) is 9.72. The van der Waals surface area contributed by atoms with Crippen LogP contribution in [-0.2, 0) is 6.42 Å². The van der Waals surface area contributed by atoms with E-state index in [1.54, 1.807) is 0 Å². The minimum Gasteiger partial charge on any atom is -0.311 e. The van der Waals surface area contributed by atoms with Crippen molar-refractivity contribution >= 4 is 11.6 Å². The molecule has 1 heterocycles. The maximum Gasteiger partial charge on any atom is 0.0408 e. The molecule has 0 bridgehead atoms. The summed E-state index contributed by atoms with van der Waals surface area (Å²) in [7, 11) is 0. The molecule has 2 rings (SSSR count). The zero-order chi connectivity index (χ0) is 10.7. The predicted molar refractivity (Wildman–Crippen MR) is 64.4 cm³/mol. The lowest BCUT2D eigenvalue weighted by Gasteiger charge is -2.31. The second kappa shape index (κ2) is 4.97. The molecule has 0 radical (unpaired) electrons. The molecule has 1 fully saturated rings. The van der Waals surface area contributed by atoms with E-state index in [-0.39, 0.29) is 0 Å². The quantitative estimate of drug-likeness (QED) is 0.801. The van der Waals surface area contributed by atoms with Gasteiger partial charge in [0.25, 0.3) is 0 Å². The van der Waals surface area contributed by atoms with Crippen LogP contribution in [0.3, 0.4) is 0 Å². The zero-order valence-electron chi connectivity index (χ0n) is 8.96. The number of benzene rings is 1. The second-order valence-electron chi connectivity index (χ2n) is 4.14. The number of hydrogen-bond acceptors (Lipinski definition) is 2. The van der Waals surface area contributed by atoms with E-state index in [0.717, 1.165) is 24.5 Å². The summed E-state index contributed by atoms with van der Waals surface area (Å²) in [6.07, 6.45) is 1.04. The molecule has 3 heteroatoms. The van der Waals surface area contributed by atoms with E-state index in [1.807, 2.05) is 18.2 Å². The van der Waals surface area contributed by atoms with Gasteiger partial charge in [0.1, 0.15) is 0 Å². The van der Waals surface area contributed by atoms with Gasteiger partial charge >= 0.3 is 0 Å². The first-order valence-electron chi connectivity index (χ1n) is 5.47. The van der Waals surface area contributed by atoms with Crippen LogP contribution in [0.2, 0.25) is 5.02 Å². The average Bonchev–Trinajstić information content (AvgIpc) is 2.22. The molecule has 2 unspecified atom stereocenters. The van der Waals surface area contributed by atoms with Crippen molar-refractivity contribution < 1.29 is 0 Å². The summed E-state index contributed by atoms with van der Waals surface area (Å²) in [6, 6.07) is 9.15. The fourth-order valence-electron chi connectivity index (χ4n) is 2.04. The highest BCUT2D eigenvalue weighted by Gasteiger charge is 2.19. The first-order valence-corrected chi connectivity index (χ1v) is 5.85. The van der Waals surface area contributed by atoms with Gasteiger partial charge in [0.15, 0.2) is 0 Å². The minimum absolute atomic E-state index is 0.511. The number of hydrogen-bond donors (Lipinski definition) is 2. The number of halogens is 1. The Kier molecular flexibility index (Phi) is 3.62. The third-order valence-electron chi connectivity index (χ3n) is 2.95. The summed E-state index contributed by atoms with van der Waals surface area (Å²) in [5, 5.41) is 7.83. The van der Waals surface area contributed by atoms with Crippen molar-refractivity contribution in [1.29, 1.82) is 0 Å². The third kappa shape index (κ3) is 2.94. The summed E-state index contributed by atoms with van der Waals surface area (Å²) in [5.74, 6) is 0. The Morgan fingerprint density at radius 2 is 2.13 bits per heavy atom. The topological polar surface area (TPSA) is 24.1 Å². The summed E-state index contributed by atoms with van der Waals surface area (Å²) in [4.78, 5) is 0. The SMILES string of the molecule is CC1NCCNC1Cc1cccc(Cl)c1. The lowest BCUT2D eigenvalue weighted by atomic mass is 9.99. The van der Waals surface area contributed by atoms with E-state index in [9.17, 15) is 0 Å². The van der Waals surface area contributed by atoms with E-state index < -0.39 is 0 Å². The number of rotatable bonds is 2. The lowest BCUT2D eigenvalue weighted by Crippen LogP contribution is -2.55. The van der Waals surface area contributed by atoms with E-state index in [0.29, 0.717) is 12.1 Å². The van der Waals surface area contributed by atoms with Crippen LogP contribution in [0, 0.1) is 0 Å². The highest BCUT2D eigenvalue weighted by molar-refractivity contribution is 6.30. The summed E-state index contributed by atoms with van der Waals surface area (Å²) in [5.41, 5.74) is 1.30. The molecule has 2 atom stereocenters. The van der Waals surface area contributed by atoms with Gasteiger partial charge < -0.3 is 10.6 Å². The highest BCUT2D eigenvalue weighted by Crippen LogP contribution is 2.13. The molecule has 1 saturated heterocycles. The second-order valence-corrected chi connectivity index (χ2v) is 4.57. The van der Waals surface area contributed by atoms with E-state index in [2.05, 4.69) is 23.6 Å². The van der Waals surface area contributed by atoms with E-state index in [1.165, 1.54) is 5.56 Å². The van der Waals surface area contributed by atoms with E-state index in [4.69, 9.17) is 11.6 Å². The molecule has 0 aromatic heterocycles. The fourth-order valence-corrected chi connectivity index (χ4v) is 2.26. The number of piperazine rings is 1. The van der Waals surface area contributed by atoms with Crippen LogP contribution in [0.25, 0.3) is 0 Å². The monoisotopic (exact) mass is 224 g/mol. The Morgan fingerprint density at radius 3 is 2.87 bits per heavy atom. The normalized spacial score (nSPS) is 26.5. The Balaban J connectivity index is 2.01. The van der Waals surface area contributed by atoms with Crippen LogP contribution in [-0.4, -0.2) is 25.2 Å². The first-order chi connectivity index (χ1) is 7.25. The molecule has 2 nitrogen and oxygen atoms in total. The third-order valence-corrected chi connectivity index (χ3v) is 3.18. The van der Waals surface area contributed by atoms with Gasteiger partial charge in [-0.15, -0.1) is 0 Å².